The third-order valence-corrected chi connectivity index (χ3v) is 6.90. The van der Waals surface area contributed by atoms with Crippen LogP contribution in [0, 0.1) is 5.82 Å². The van der Waals surface area contributed by atoms with Crippen LogP contribution in [-0.2, 0) is 22.7 Å². The summed E-state index contributed by atoms with van der Waals surface area (Å²) in [5.74, 6) is -1.13. The van der Waals surface area contributed by atoms with Crippen molar-refractivity contribution in [1.29, 1.82) is 0 Å². The van der Waals surface area contributed by atoms with Gasteiger partial charge in [0.15, 0.2) is 6.80 Å². The monoisotopic (exact) mass is 534 g/mol. The molecule has 0 bridgehead atoms. The van der Waals surface area contributed by atoms with Crippen molar-refractivity contribution in [2.75, 3.05) is 26.4 Å². The van der Waals surface area contributed by atoms with Gasteiger partial charge >= 0.3 is 6.03 Å². The summed E-state index contributed by atoms with van der Waals surface area (Å²) in [4.78, 5) is 42.9. The second-order valence-corrected chi connectivity index (χ2v) is 9.36. The molecule has 0 spiro atoms. The molecule has 198 valence electrons. The van der Waals surface area contributed by atoms with Crippen molar-refractivity contribution in [2.24, 2.45) is 5.73 Å². The van der Waals surface area contributed by atoms with E-state index in [9.17, 15) is 23.2 Å². The van der Waals surface area contributed by atoms with Crippen molar-refractivity contribution in [2.45, 2.75) is 38.1 Å². The van der Waals surface area contributed by atoms with Gasteiger partial charge in [-0.15, -0.1) is 0 Å². The first-order valence-electron chi connectivity index (χ1n) is 12.0. The fourth-order valence-corrected chi connectivity index (χ4v) is 4.92. The number of hydrogen-bond donors (Lipinski definition) is 2. The van der Waals surface area contributed by atoms with Crippen molar-refractivity contribution in [3.8, 4) is 0 Å². The molecule has 4 amide bonds. The number of nitrogens with one attached hydrogen (secondary N) is 1. The lowest BCUT2D eigenvalue weighted by atomic mass is 10.0. The molecule has 0 saturated carbocycles. The molecule has 0 radical (unpaired) electrons. The third-order valence-electron chi connectivity index (χ3n) is 6.53. The zero-order chi connectivity index (χ0) is 26.5. The Bertz CT molecular complexity index is 1140. The fraction of sp³-hybridized carbons (Fsp3) is 0.400. The van der Waals surface area contributed by atoms with Crippen LogP contribution in [0.3, 0.4) is 0 Å². The maximum atomic E-state index is 14.1. The van der Waals surface area contributed by atoms with Crippen molar-refractivity contribution in [1.82, 2.24) is 25.1 Å². The molecule has 2 heterocycles. The SMILES string of the molecule is NCCC[C@H]1C(=O)N(Cc2ccccc2Cl)C[C@H]2N1C(=O)CN(CF)N2C(=O)NCc1ccc(F)cc1. The topological polar surface area (TPSA) is 102 Å². The lowest BCUT2D eigenvalue weighted by Crippen LogP contribution is -2.76. The minimum atomic E-state index is -1.08. The number of carbonyl (C=O) groups is 3. The smallest absolute Gasteiger partial charge is 0.333 e. The number of alkyl halides is 1. The van der Waals surface area contributed by atoms with Crippen molar-refractivity contribution in [3.63, 3.8) is 0 Å². The molecule has 0 unspecified atom stereocenters. The lowest BCUT2D eigenvalue weighted by Gasteiger charge is -2.54. The third kappa shape index (κ3) is 5.84. The number of fused-ring (bicyclic) bond motifs is 1. The summed E-state index contributed by atoms with van der Waals surface area (Å²) in [7, 11) is 0. The predicted molar refractivity (Wildman–Crippen MR) is 133 cm³/mol. The molecular formula is C25H29ClF2N6O3. The van der Waals surface area contributed by atoms with Crippen LogP contribution in [-0.4, -0.2) is 76.3 Å². The van der Waals surface area contributed by atoms with E-state index in [1.54, 1.807) is 29.2 Å². The standard InChI is InChI=1S/C25H29ClF2N6O3/c26-20-5-2-1-4-18(20)13-31-14-22-33(21(24(31)36)6-3-11-29)23(35)15-32(16-27)34(22)25(37)30-12-17-7-9-19(28)10-8-17/h1-2,4-5,7-10,21-22H,3,6,11-16,29H2,(H,30,37)/t21-,22-/m0/s1. The first-order chi connectivity index (χ1) is 17.8. The van der Waals surface area contributed by atoms with Gasteiger partial charge in [0.2, 0.25) is 11.8 Å². The molecule has 2 aromatic rings. The van der Waals surface area contributed by atoms with Crippen LogP contribution in [0.5, 0.6) is 0 Å². The number of amides is 4. The number of hydrazine groups is 1. The highest BCUT2D eigenvalue weighted by molar-refractivity contribution is 6.31. The van der Waals surface area contributed by atoms with E-state index in [2.05, 4.69) is 5.32 Å². The molecule has 2 fully saturated rings. The fourth-order valence-electron chi connectivity index (χ4n) is 4.72. The van der Waals surface area contributed by atoms with Gasteiger partial charge in [-0.05, 0) is 48.7 Å². The highest BCUT2D eigenvalue weighted by Gasteiger charge is 2.51. The van der Waals surface area contributed by atoms with Crippen molar-refractivity contribution < 1.29 is 23.2 Å². The van der Waals surface area contributed by atoms with Crippen LogP contribution in [0.4, 0.5) is 13.6 Å². The molecular weight excluding hydrogens is 506 g/mol. The molecule has 2 atom stereocenters. The maximum absolute atomic E-state index is 14.1. The second kappa shape index (κ2) is 11.8. The van der Waals surface area contributed by atoms with Gasteiger partial charge in [0, 0.05) is 18.1 Å². The zero-order valence-corrected chi connectivity index (χ0v) is 20.9. The van der Waals surface area contributed by atoms with Gasteiger partial charge in [-0.25, -0.2) is 18.6 Å². The van der Waals surface area contributed by atoms with Gasteiger partial charge in [-0.3, -0.25) is 9.59 Å². The largest absolute Gasteiger partial charge is 0.334 e. The van der Waals surface area contributed by atoms with Gasteiger partial charge in [0.05, 0.1) is 6.54 Å². The molecule has 2 aromatic carbocycles. The first kappa shape index (κ1) is 26.8. The molecule has 0 aliphatic carbocycles. The number of nitrogens with two attached hydrogens (primary N) is 1. The highest BCUT2D eigenvalue weighted by Crippen LogP contribution is 2.30. The Balaban J connectivity index is 1.62. The summed E-state index contributed by atoms with van der Waals surface area (Å²) >= 11 is 6.33. The molecule has 2 aliphatic rings. The number of halogens is 3. The Kier molecular flexibility index (Phi) is 8.57. The summed E-state index contributed by atoms with van der Waals surface area (Å²) < 4.78 is 27.3. The summed E-state index contributed by atoms with van der Waals surface area (Å²) in [6, 6.07) is 11.2. The number of urea groups is 1. The summed E-state index contributed by atoms with van der Waals surface area (Å²) in [6.45, 7) is -0.958. The van der Waals surface area contributed by atoms with E-state index in [0.717, 1.165) is 10.0 Å². The molecule has 4 rings (SSSR count). The summed E-state index contributed by atoms with van der Waals surface area (Å²) in [5, 5.41) is 5.38. The minimum Gasteiger partial charge on any atom is -0.333 e. The Labute approximate surface area is 218 Å². The Morgan fingerprint density at radius 2 is 1.86 bits per heavy atom. The average molecular weight is 535 g/mol. The molecule has 0 aromatic heterocycles. The van der Waals surface area contributed by atoms with Crippen LogP contribution < -0.4 is 11.1 Å². The van der Waals surface area contributed by atoms with E-state index < -0.39 is 43.3 Å². The molecule has 37 heavy (non-hydrogen) atoms. The second-order valence-electron chi connectivity index (χ2n) is 8.95. The van der Waals surface area contributed by atoms with E-state index in [-0.39, 0.29) is 25.5 Å². The molecule has 9 nitrogen and oxygen atoms in total. The number of piperazine rings is 1. The predicted octanol–water partition coefficient (Wildman–Crippen LogP) is 2.45. The highest BCUT2D eigenvalue weighted by atomic mass is 35.5. The first-order valence-corrected chi connectivity index (χ1v) is 12.4. The van der Waals surface area contributed by atoms with Gasteiger partial charge < -0.3 is 20.9 Å². The number of rotatable bonds is 8. The molecule has 12 heteroatoms. The minimum absolute atomic E-state index is 0.0324. The van der Waals surface area contributed by atoms with Crippen LogP contribution in [0.1, 0.15) is 24.0 Å². The van der Waals surface area contributed by atoms with Crippen LogP contribution in [0.25, 0.3) is 0 Å². The molecule has 3 N–H and O–H groups in total. The molecule has 2 aliphatic heterocycles. The van der Waals surface area contributed by atoms with E-state index in [4.69, 9.17) is 17.3 Å². The van der Waals surface area contributed by atoms with Crippen LogP contribution in [0.15, 0.2) is 48.5 Å². The van der Waals surface area contributed by atoms with E-state index >= 15 is 0 Å². The van der Waals surface area contributed by atoms with Gasteiger partial charge in [0.25, 0.3) is 0 Å². The van der Waals surface area contributed by atoms with Gasteiger partial charge in [0.1, 0.15) is 24.6 Å². The number of carbonyl (C=O) groups excluding carboxylic acids is 3. The summed E-state index contributed by atoms with van der Waals surface area (Å²) in [5.41, 5.74) is 7.05. The normalized spacial score (nSPS) is 20.3. The van der Waals surface area contributed by atoms with E-state index in [1.165, 1.54) is 29.2 Å². The Hall–Kier alpha value is -3.28. The van der Waals surface area contributed by atoms with Gasteiger partial charge in [-0.2, -0.15) is 5.01 Å². The number of benzene rings is 2. The Morgan fingerprint density at radius 1 is 1.14 bits per heavy atom. The Morgan fingerprint density at radius 3 is 2.54 bits per heavy atom. The van der Waals surface area contributed by atoms with Gasteiger partial charge in [-0.1, -0.05) is 41.9 Å². The van der Waals surface area contributed by atoms with Crippen LogP contribution in [0.2, 0.25) is 5.02 Å². The van der Waals surface area contributed by atoms with Crippen molar-refractivity contribution >= 4 is 29.4 Å². The van der Waals surface area contributed by atoms with E-state index in [0.29, 0.717) is 35.5 Å². The summed E-state index contributed by atoms with van der Waals surface area (Å²) in [6.07, 6.45) is -0.151. The van der Waals surface area contributed by atoms with Crippen LogP contribution >= 0.6 is 11.6 Å². The number of hydrogen-bond acceptors (Lipinski definition) is 5. The lowest BCUT2D eigenvalue weighted by molar-refractivity contribution is -0.195. The molecule has 2 saturated heterocycles. The quantitative estimate of drug-likeness (QED) is 0.507. The zero-order valence-electron chi connectivity index (χ0n) is 20.2. The average Bonchev–Trinajstić information content (AvgIpc) is 2.89. The number of nitrogens with zero attached hydrogens (tertiary/aromatic N) is 4. The van der Waals surface area contributed by atoms with Crippen molar-refractivity contribution in [3.05, 3.63) is 70.5 Å². The van der Waals surface area contributed by atoms with E-state index in [1.807, 2.05) is 0 Å². The maximum Gasteiger partial charge on any atom is 0.334 e.